The van der Waals surface area contributed by atoms with Gasteiger partial charge in [0.05, 0.1) is 17.3 Å². The summed E-state index contributed by atoms with van der Waals surface area (Å²) >= 11 is 1.43. The number of anilines is 2. The zero-order valence-corrected chi connectivity index (χ0v) is 12.3. The fourth-order valence-electron chi connectivity index (χ4n) is 2.17. The average Bonchev–Trinajstić information content (AvgIpc) is 2.62. The summed E-state index contributed by atoms with van der Waals surface area (Å²) in [5.41, 5.74) is 6.44. The van der Waals surface area contributed by atoms with Gasteiger partial charge >= 0.3 is 5.97 Å². The first-order chi connectivity index (χ1) is 9.11. The van der Waals surface area contributed by atoms with Crippen molar-refractivity contribution in [2.45, 2.75) is 13.3 Å². The molecule has 2 heterocycles. The van der Waals surface area contributed by atoms with Crippen LogP contribution in [0, 0.1) is 0 Å². The number of carbonyl (C=O) groups excluding carboxylic acids is 1. The summed E-state index contributed by atoms with van der Waals surface area (Å²) in [7, 11) is 2.14. The fraction of sp³-hybridized carbons (Fsp3) is 0.615. The van der Waals surface area contributed by atoms with E-state index in [4.69, 9.17) is 10.5 Å². The number of carbonyl (C=O) groups is 1. The maximum absolute atomic E-state index is 11.8. The second kappa shape index (κ2) is 6.25. The van der Waals surface area contributed by atoms with Crippen molar-refractivity contribution in [1.29, 1.82) is 0 Å². The summed E-state index contributed by atoms with van der Waals surface area (Å²) in [6, 6.07) is 1.89. The summed E-state index contributed by atoms with van der Waals surface area (Å²) in [4.78, 5) is 16.9. The van der Waals surface area contributed by atoms with Crippen molar-refractivity contribution < 1.29 is 9.53 Å². The molecule has 1 aliphatic rings. The zero-order valence-electron chi connectivity index (χ0n) is 11.5. The van der Waals surface area contributed by atoms with Crippen molar-refractivity contribution in [3.05, 3.63) is 10.9 Å². The van der Waals surface area contributed by atoms with Gasteiger partial charge < -0.3 is 20.3 Å². The van der Waals surface area contributed by atoms with Crippen molar-refractivity contribution in [3.63, 3.8) is 0 Å². The predicted octanol–water partition coefficient (Wildman–Crippen LogP) is 1.65. The molecule has 106 valence electrons. The number of hydrogen-bond acceptors (Lipinski definition) is 6. The molecule has 0 amide bonds. The number of hydrogen-bond donors (Lipinski definition) is 1. The zero-order chi connectivity index (χ0) is 13.8. The molecule has 1 saturated heterocycles. The summed E-state index contributed by atoms with van der Waals surface area (Å²) in [5.74, 6) is -0.316. The third-order valence-electron chi connectivity index (χ3n) is 3.24. The first-order valence-electron chi connectivity index (χ1n) is 6.61. The van der Waals surface area contributed by atoms with Crippen molar-refractivity contribution in [3.8, 4) is 0 Å². The van der Waals surface area contributed by atoms with Gasteiger partial charge in [0.2, 0.25) is 0 Å². The van der Waals surface area contributed by atoms with Gasteiger partial charge in [-0.3, -0.25) is 0 Å². The Bertz CT molecular complexity index is 447. The lowest BCUT2D eigenvalue weighted by molar-refractivity contribution is 0.0533. The monoisotopic (exact) mass is 283 g/mol. The Labute approximate surface area is 117 Å². The molecule has 0 bridgehead atoms. The normalized spacial score (nSPS) is 17.3. The Balaban J connectivity index is 2.12. The summed E-state index contributed by atoms with van der Waals surface area (Å²) < 4.78 is 5.02. The molecule has 0 aliphatic carbocycles. The third kappa shape index (κ3) is 3.39. The van der Waals surface area contributed by atoms with E-state index in [0.29, 0.717) is 17.2 Å². The van der Waals surface area contributed by atoms with Crippen molar-refractivity contribution in [2.24, 2.45) is 0 Å². The van der Waals surface area contributed by atoms with E-state index in [9.17, 15) is 4.79 Å². The van der Waals surface area contributed by atoms with E-state index in [1.807, 2.05) is 6.07 Å². The lowest BCUT2D eigenvalue weighted by atomic mass is 10.3. The third-order valence-corrected chi connectivity index (χ3v) is 4.43. The maximum Gasteiger partial charge on any atom is 0.350 e. The van der Waals surface area contributed by atoms with Crippen LogP contribution in [0.1, 0.15) is 23.0 Å². The van der Waals surface area contributed by atoms with E-state index in [1.54, 1.807) is 6.92 Å². The van der Waals surface area contributed by atoms with Crippen molar-refractivity contribution in [1.82, 2.24) is 4.90 Å². The van der Waals surface area contributed by atoms with Crippen LogP contribution >= 0.6 is 11.3 Å². The molecule has 1 aromatic heterocycles. The van der Waals surface area contributed by atoms with Crippen LogP contribution in [0.2, 0.25) is 0 Å². The van der Waals surface area contributed by atoms with Crippen molar-refractivity contribution >= 4 is 28.0 Å². The highest BCUT2D eigenvalue weighted by Crippen LogP contribution is 2.33. The number of ether oxygens (including phenoxy) is 1. The summed E-state index contributed by atoms with van der Waals surface area (Å²) in [5, 5.41) is 1.07. The van der Waals surface area contributed by atoms with Crippen LogP contribution in [0.5, 0.6) is 0 Å². The van der Waals surface area contributed by atoms with E-state index < -0.39 is 0 Å². The first kappa shape index (κ1) is 14.1. The van der Waals surface area contributed by atoms with Gasteiger partial charge in [-0.25, -0.2) is 4.79 Å². The van der Waals surface area contributed by atoms with Crippen LogP contribution < -0.4 is 10.6 Å². The molecule has 2 rings (SSSR count). The van der Waals surface area contributed by atoms with Gasteiger partial charge in [0.25, 0.3) is 0 Å². The number of rotatable bonds is 3. The van der Waals surface area contributed by atoms with Gasteiger partial charge in [-0.2, -0.15) is 0 Å². The average molecular weight is 283 g/mol. The van der Waals surface area contributed by atoms with Crippen molar-refractivity contribution in [2.75, 3.05) is 50.5 Å². The molecular formula is C13H21N3O2S. The minimum Gasteiger partial charge on any atom is -0.462 e. The van der Waals surface area contributed by atoms with Crippen LogP contribution in [0.15, 0.2) is 6.07 Å². The molecule has 5 nitrogen and oxygen atoms in total. The second-order valence-corrected chi connectivity index (χ2v) is 5.76. The van der Waals surface area contributed by atoms with Crippen LogP contribution in [0.25, 0.3) is 0 Å². The lowest BCUT2D eigenvalue weighted by Crippen LogP contribution is -2.28. The molecule has 0 radical (unpaired) electrons. The highest BCUT2D eigenvalue weighted by Gasteiger charge is 2.20. The number of esters is 1. The number of nitrogens with two attached hydrogens (primary N) is 1. The molecule has 19 heavy (non-hydrogen) atoms. The Hall–Kier alpha value is -1.27. The predicted molar refractivity (Wildman–Crippen MR) is 79.0 cm³/mol. The van der Waals surface area contributed by atoms with Crippen LogP contribution in [0.4, 0.5) is 10.7 Å². The molecule has 0 unspecified atom stereocenters. The van der Waals surface area contributed by atoms with Gasteiger partial charge in [-0.05, 0) is 33.0 Å². The minimum absolute atomic E-state index is 0.316. The second-order valence-electron chi connectivity index (χ2n) is 4.73. The summed E-state index contributed by atoms with van der Waals surface area (Å²) in [6.45, 7) is 6.30. The van der Waals surface area contributed by atoms with Gasteiger partial charge in [0, 0.05) is 19.6 Å². The Morgan fingerprint density at radius 2 is 2.21 bits per heavy atom. The Morgan fingerprint density at radius 1 is 1.42 bits per heavy atom. The lowest BCUT2D eigenvalue weighted by Gasteiger charge is -2.20. The molecule has 0 spiro atoms. The molecule has 1 aromatic rings. The number of nitrogen functional groups attached to an aromatic ring is 1. The van der Waals surface area contributed by atoms with Gasteiger partial charge in [-0.1, -0.05) is 0 Å². The largest absolute Gasteiger partial charge is 0.462 e. The highest BCUT2D eigenvalue weighted by atomic mass is 32.1. The molecule has 6 heteroatoms. The number of thiophene rings is 1. The summed E-state index contributed by atoms with van der Waals surface area (Å²) in [6.07, 6.45) is 1.13. The molecule has 1 aliphatic heterocycles. The van der Waals surface area contributed by atoms with E-state index >= 15 is 0 Å². The molecule has 2 N–H and O–H groups in total. The van der Waals surface area contributed by atoms with Crippen LogP contribution in [0.3, 0.4) is 0 Å². The van der Waals surface area contributed by atoms with Gasteiger partial charge in [0.1, 0.15) is 4.88 Å². The van der Waals surface area contributed by atoms with Crippen LogP contribution in [-0.2, 0) is 4.74 Å². The molecule has 0 atom stereocenters. The smallest absolute Gasteiger partial charge is 0.350 e. The number of likely N-dealkylation sites (N-methyl/N-ethyl adjacent to an activating group) is 1. The first-order valence-corrected chi connectivity index (χ1v) is 7.43. The number of nitrogens with zero attached hydrogens (tertiary/aromatic N) is 2. The minimum atomic E-state index is -0.316. The topological polar surface area (TPSA) is 58.8 Å². The fourth-order valence-corrected chi connectivity index (χ4v) is 3.20. The van der Waals surface area contributed by atoms with Gasteiger partial charge in [-0.15, -0.1) is 11.3 Å². The van der Waals surface area contributed by atoms with E-state index in [1.165, 1.54) is 11.3 Å². The van der Waals surface area contributed by atoms with Crippen LogP contribution in [-0.4, -0.2) is 50.7 Å². The van der Waals surface area contributed by atoms with E-state index in [-0.39, 0.29) is 5.97 Å². The standard InChI is InChI=1S/C13H21N3O2S/c1-3-18-13(17)12-10(14)9-11(19-12)16-6-4-5-15(2)7-8-16/h9H,3-8,14H2,1-2H3. The van der Waals surface area contributed by atoms with E-state index in [2.05, 4.69) is 16.8 Å². The maximum atomic E-state index is 11.8. The molecule has 1 fully saturated rings. The quantitative estimate of drug-likeness (QED) is 0.855. The van der Waals surface area contributed by atoms with Gasteiger partial charge in [0.15, 0.2) is 0 Å². The highest BCUT2D eigenvalue weighted by molar-refractivity contribution is 7.18. The molecular weight excluding hydrogens is 262 g/mol. The Kier molecular flexibility index (Phi) is 4.66. The van der Waals surface area contributed by atoms with E-state index in [0.717, 1.165) is 37.6 Å². The molecule has 0 aromatic carbocycles. The Morgan fingerprint density at radius 3 is 2.95 bits per heavy atom. The SMILES string of the molecule is CCOC(=O)c1sc(N2CCCN(C)CC2)cc1N. The molecule has 0 saturated carbocycles.